The summed E-state index contributed by atoms with van der Waals surface area (Å²) in [5.41, 5.74) is 0.711. The van der Waals surface area contributed by atoms with Crippen molar-refractivity contribution in [2.75, 3.05) is 26.4 Å². The number of rotatable bonds is 11. The number of hydrogen-bond acceptors (Lipinski definition) is 7. The Morgan fingerprint density at radius 1 is 0.969 bits per heavy atom. The molecular formula is C24H25NO6S. The Morgan fingerprint density at radius 2 is 1.69 bits per heavy atom. The monoisotopic (exact) mass is 455 g/mol. The lowest BCUT2D eigenvalue weighted by molar-refractivity contribution is -0.146. The molecule has 2 aromatic rings. The average Bonchev–Trinajstić information content (AvgIpc) is 3.05. The molecule has 32 heavy (non-hydrogen) atoms. The summed E-state index contributed by atoms with van der Waals surface area (Å²) in [6, 6.07) is 16.6. The first-order chi connectivity index (χ1) is 15.6. The molecule has 0 radical (unpaired) electrons. The number of nitrogens with zero attached hydrogens (tertiary/aromatic N) is 1. The van der Waals surface area contributed by atoms with Crippen LogP contribution >= 0.6 is 11.8 Å². The van der Waals surface area contributed by atoms with Gasteiger partial charge in [-0.1, -0.05) is 43.7 Å². The summed E-state index contributed by atoms with van der Waals surface area (Å²) in [6.45, 7) is 2.63. The first-order valence-electron chi connectivity index (χ1n) is 10.4. The van der Waals surface area contributed by atoms with Gasteiger partial charge >= 0.3 is 5.97 Å². The Balaban J connectivity index is 1.54. The lowest BCUT2D eigenvalue weighted by atomic mass is 10.2. The predicted molar refractivity (Wildman–Crippen MR) is 122 cm³/mol. The molecule has 0 bridgehead atoms. The van der Waals surface area contributed by atoms with Crippen LogP contribution in [-0.4, -0.2) is 48.4 Å². The Kier molecular flexibility index (Phi) is 8.74. The lowest BCUT2D eigenvalue weighted by Gasteiger charge is -2.11. The van der Waals surface area contributed by atoms with Gasteiger partial charge in [-0.05, 0) is 54.1 Å². The third-order valence-corrected chi connectivity index (χ3v) is 5.35. The van der Waals surface area contributed by atoms with Crippen LogP contribution in [0.5, 0.6) is 11.5 Å². The summed E-state index contributed by atoms with van der Waals surface area (Å²) in [4.78, 5) is 37.8. The molecule has 0 saturated carbocycles. The van der Waals surface area contributed by atoms with Crippen molar-refractivity contribution in [2.45, 2.75) is 19.8 Å². The Hall–Kier alpha value is -3.26. The number of carbonyl (C=O) groups is 3. The summed E-state index contributed by atoms with van der Waals surface area (Å²) in [6.07, 6.45) is 3.24. The standard InChI is InChI=1S/C24H25NO6S/c1-2-3-12-31-22(26)17-25-23(27)21(32-24(25)28)16-18-8-7-11-20(15-18)30-14-13-29-19-9-5-4-6-10-19/h4-11,15-16H,2-3,12-14,17H2,1H3/b21-16+. The number of imide groups is 1. The van der Waals surface area contributed by atoms with E-state index in [2.05, 4.69) is 0 Å². The first-order valence-corrected chi connectivity index (χ1v) is 11.2. The summed E-state index contributed by atoms with van der Waals surface area (Å²) >= 11 is 0.802. The molecule has 168 valence electrons. The SMILES string of the molecule is CCCCOC(=O)CN1C(=O)S/C(=C/c2cccc(OCCOc3ccccc3)c2)C1=O. The number of carbonyl (C=O) groups excluding carboxylic acids is 3. The second kappa shape index (κ2) is 12.0. The Morgan fingerprint density at radius 3 is 2.44 bits per heavy atom. The number of thioether (sulfide) groups is 1. The number of esters is 1. The molecule has 0 aromatic heterocycles. The van der Waals surface area contributed by atoms with Crippen molar-refractivity contribution in [3.63, 3.8) is 0 Å². The molecule has 1 fully saturated rings. The van der Waals surface area contributed by atoms with E-state index in [1.54, 1.807) is 30.3 Å². The molecule has 0 aliphatic carbocycles. The van der Waals surface area contributed by atoms with E-state index in [9.17, 15) is 14.4 Å². The highest BCUT2D eigenvalue weighted by Crippen LogP contribution is 2.32. The second-order valence-corrected chi connectivity index (χ2v) is 7.92. The third kappa shape index (κ3) is 6.88. The van der Waals surface area contributed by atoms with Gasteiger partial charge in [0.1, 0.15) is 31.3 Å². The second-order valence-electron chi connectivity index (χ2n) is 6.92. The number of hydrogen-bond donors (Lipinski definition) is 0. The lowest BCUT2D eigenvalue weighted by Crippen LogP contribution is -2.34. The summed E-state index contributed by atoms with van der Waals surface area (Å²) < 4.78 is 16.4. The summed E-state index contributed by atoms with van der Waals surface area (Å²) in [5, 5.41) is -0.487. The van der Waals surface area contributed by atoms with E-state index >= 15 is 0 Å². The third-order valence-electron chi connectivity index (χ3n) is 4.44. The zero-order valence-corrected chi connectivity index (χ0v) is 18.6. The van der Waals surface area contributed by atoms with E-state index in [1.165, 1.54) is 0 Å². The summed E-state index contributed by atoms with van der Waals surface area (Å²) in [5.74, 6) is 0.300. The molecule has 1 aliphatic heterocycles. The minimum Gasteiger partial charge on any atom is -0.490 e. The van der Waals surface area contributed by atoms with Crippen LogP contribution in [0, 0.1) is 0 Å². The smallest absolute Gasteiger partial charge is 0.326 e. The van der Waals surface area contributed by atoms with Crippen LogP contribution < -0.4 is 9.47 Å². The average molecular weight is 456 g/mol. The van der Waals surface area contributed by atoms with E-state index < -0.39 is 17.1 Å². The van der Waals surface area contributed by atoms with E-state index in [0.717, 1.165) is 35.3 Å². The van der Waals surface area contributed by atoms with Crippen molar-refractivity contribution < 1.29 is 28.6 Å². The minimum atomic E-state index is -0.588. The number of ether oxygens (including phenoxy) is 3. The molecule has 2 amide bonds. The maximum absolute atomic E-state index is 12.6. The van der Waals surface area contributed by atoms with Crippen LogP contribution in [0.1, 0.15) is 25.3 Å². The fraction of sp³-hybridized carbons (Fsp3) is 0.292. The van der Waals surface area contributed by atoms with Crippen LogP contribution in [0.4, 0.5) is 4.79 Å². The molecule has 7 nitrogen and oxygen atoms in total. The molecule has 1 aliphatic rings. The number of para-hydroxylation sites is 1. The van der Waals surface area contributed by atoms with Crippen LogP contribution in [0.3, 0.4) is 0 Å². The molecule has 0 N–H and O–H groups in total. The highest BCUT2D eigenvalue weighted by atomic mass is 32.2. The van der Waals surface area contributed by atoms with Crippen molar-refractivity contribution in [3.05, 3.63) is 65.1 Å². The van der Waals surface area contributed by atoms with Gasteiger partial charge in [0, 0.05) is 0 Å². The molecular weight excluding hydrogens is 430 g/mol. The number of benzene rings is 2. The van der Waals surface area contributed by atoms with Crippen molar-refractivity contribution >= 4 is 35.0 Å². The maximum Gasteiger partial charge on any atom is 0.326 e. The normalized spacial score (nSPS) is 14.7. The fourth-order valence-electron chi connectivity index (χ4n) is 2.82. The van der Waals surface area contributed by atoms with Gasteiger partial charge < -0.3 is 14.2 Å². The molecule has 0 atom stereocenters. The molecule has 8 heteroatoms. The van der Waals surface area contributed by atoms with Crippen LogP contribution in [0.2, 0.25) is 0 Å². The molecule has 3 rings (SSSR count). The topological polar surface area (TPSA) is 82.1 Å². The van der Waals surface area contributed by atoms with Crippen LogP contribution in [0.15, 0.2) is 59.5 Å². The van der Waals surface area contributed by atoms with Gasteiger partial charge in [-0.3, -0.25) is 19.3 Å². The van der Waals surface area contributed by atoms with Gasteiger partial charge in [0.2, 0.25) is 0 Å². The highest BCUT2D eigenvalue weighted by molar-refractivity contribution is 8.18. The van der Waals surface area contributed by atoms with E-state index in [0.29, 0.717) is 24.5 Å². The van der Waals surface area contributed by atoms with Gasteiger partial charge in [-0.15, -0.1) is 0 Å². The van der Waals surface area contributed by atoms with Gasteiger partial charge in [0.15, 0.2) is 0 Å². The Bertz CT molecular complexity index is 975. The quantitative estimate of drug-likeness (QED) is 0.280. The van der Waals surface area contributed by atoms with E-state index in [-0.39, 0.29) is 18.1 Å². The van der Waals surface area contributed by atoms with Gasteiger partial charge in [-0.25, -0.2) is 0 Å². The maximum atomic E-state index is 12.6. The largest absolute Gasteiger partial charge is 0.490 e. The summed E-state index contributed by atoms with van der Waals surface area (Å²) in [7, 11) is 0. The predicted octanol–water partition coefficient (Wildman–Crippen LogP) is 4.52. The molecule has 0 unspecified atom stereocenters. The van der Waals surface area contributed by atoms with Crippen molar-refractivity contribution in [2.24, 2.45) is 0 Å². The van der Waals surface area contributed by atoms with Crippen molar-refractivity contribution in [3.8, 4) is 11.5 Å². The number of unbranched alkanes of at least 4 members (excludes halogenated alkanes) is 1. The van der Waals surface area contributed by atoms with Gasteiger partial charge in [0.25, 0.3) is 11.1 Å². The van der Waals surface area contributed by atoms with Gasteiger partial charge in [-0.2, -0.15) is 0 Å². The Labute approximate surface area is 191 Å². The zero-order valence-electron chi connectivity index (χ0n) is 17.8. The molecule has 0 spiro atoms. The molecule has 2 aromatic carbocycles. The fourth-order valence-corrected chi connectivity index (χ4v) is 3.66. The zero-order chi connectivity index (χ0) is 22.8. The number of amides is 2. The van der Waals surface area contributed by atoms with Crippen LogP contribution in [0.25, 0.3) is 6.08 Å². The molecule has 1 heterocycles. The minimum absolute atomic E-state index is 0.251. The van der Waals surface area contributed by atoms with E-state index in [4.69, 9.17) is 14.2 Å². The van der Waals surface area contributed by atoms with Gasteiger partial charge in [0.05, 0.1) is 11.5 Å². The van der Waals surface area contributed by atoms with Crippen LogP contribution in [-0.2, 0) is 14.3 Å². The van der Waals surface area contributed by atoms with E-state index in [1.807, 2.05) is 37.3 Å². The highest BCUT2D eigenvalue weighted by Gasteiger charge is 2.36. The molecule has 1 saturated heterocycles. The first kappa shape index (κ1) is 23.4. The van der Waals surface area contributed by atoms with Crippen molar-refractivity contribution in [1.82, 2.24) is 4.90 Å². The van der Waals surface area contributed by atoms with Crippen molar-refractivity contribution in [1.29, 1.82) is 0 Å².